The van der Waals surface area contributed by atoms with Crippen molar-refractivity contribution in [1.29, 1.82) is 0 Å². The highest BCUT2D eigenvalue weighted by Gasteiger charge is 2.10. The minimum atomic E-state index is 0.324. The zero-order valence-electron chi connectivity index (χ0n) is 11.2. The number of nitrogens with one attached hydrogen (secondary N) is 1. The van der Waals surface area contributed by atoms with E-state index in [9.17, 15) is 0 Å². The summed E-state index contributed by atoms with van der Waals surface area (Å²) in [6.45, 7) is 3.60. The monoisotopic (exact) mass is 314 g/mol. The Bertz CT molecular complexity index is 358. The molecule has 0 bridgehead atoms. The first-order valence-electron chi connectivity index (χ1n) is 6.45. The summed E-state index contributed by atoms with van der Waals surface area (Å²) in [6.07, 6.45) is 3.06. The van der Waals surface area contributed by atoms with Gasteiger partial charge >= 0.3 is 0 Å². The molecule has 0 radical (unpaired) electrons. The van der Waals surface area contributed by atoms with Crippen LogP contribution < -0.4 is 11.1 Å². The van der Waals surface area contributed by atoms with Gasteiger partial charge in [-0.25, -0.2) is 0 Å². The van der Waals surface area contributed by atoms with Crippen molar-refractivity contribution in [3.05, 3.63) is 28.2 Å². The molecule has 3 N–H and O–H groups in total. The van der Waals surface area contributed by atoms with E-state index in [0.717, 1.165) is 30.3 Å². The number of aryl methyl sites for hydroxylation is 1. The van der Waals surface area contributed by atoms with Gasteiger partial charge in [0.1, 0.15) is 0 Å². The Balaban J connectivity index is 2.72. The fourth-order valence-corrected chi connectivity index (χ4v) is 2.39. The fourth-order valence-electron chi connectivity index (χ4n) is 1.98. The van der Waals surface area contributed by atoms with E-state index in [1.807, 2.05) is 0 Å². The molecule has 0 aliphatic carbocycles. The minimum Gasteiger partial charge on any atom is -0.383 e. The van der Waals surface area contributed by atoms with E-state index in [2.05, 4.69) is 46.4 Å². The molecular formula is C14H23BrN2O. The van der Waals surface area contributed by atoms with Crippen LogP contribution in [0.2, 0.25) is 0 Å². The molecule has 0 aromatic heterocycles. The lowest BCUT2D eigenvalue weighted by Crippen LogP contribution is -2.26. The van der Waals surface area contributed by atoms with E-state index in [4.69, 9.17) is 10.5 Å². The molecule has 1 aromatic carbocycles. The van der Waals surface area contributed by atoms with E-state index >= 15 is 0 Å². The van der Waals surface area contributed by atoms with Gasteiger partial charge in [-0.2, -0.15) is 0 Å². The van der Waals surface area contributed by atoms with Gasteiger partial charge in [-0.1, -0.05) is 22.9 Å². The average molecular weight is 315 g/mol. The van der Waals surface area contributed by atoms with Crippen LogP contribution in [0.3, 0.4) is 0 Å². The summed E-state index contributed by atoms with van der Waals surface area (Å²) in [5, 5.41) is 3.56. The van der Waals surface area contributed by atoms with Crippen LogP contribution in [0.5, 0.6) is 0 Å². The second-order valence-electron chi connectivity index (χ2n) is 4.38. The maximum Gasteiger partial charge on any atom is 0.0664 e. The lowest BCUT2D eigenvalue weighted by molar-refractivity contribution is 0.182. The van der Waals surface area contributed by atoms with Gasteiger partial charge in [-0.3, -0.25) is 0 Å². The van der Waals surface area contributed by atoms with Crippen molar-refractivity contribution in [1.82, 2.24) is 0 Å². The van der Waals surface area contributed by atoms with Gasteiger partial charge in [0.05, 0.1) is 6.61 Å². The molecule has 0 amide bonds. The quantitative estimate of drug-likeness (QED) is 0.774. The van der Waals surface area contributed by atoms with Crippen molar-refractivity contribution in [2.24, 2.45) is 5.73 Å². The number of anilines is 1. The van der Waals surface area contributed by atoms with Crippen molar-refractivity contribution in [2.45, 2.75) is 32.2 Å². The topological polar surface area (TPSA) is 47.3 Å². The molecule has 1 atom stereocenters. The van der Waals surface area contributed by atoms with Gasteiger partial charge < -0.3 is 15.8 Å². The molecule has 0 saturated carbocycles. The third-order valence-electron chi connectivity index (χ3n) is 2.93. The van der Waals surface area contributed by atoms with E-state index in [1.165, 1.54) is 11.3 Å². The van der Waals surface area contributed by atoms with Crippen LogP contribution in [0.1, 0.15) is 25.3 Å². The third-order valence-corrected chi connectivity index (χ3v) is 3.43. The Morgan fingerprint density at radius 3 is 2.83 bits per heavy atom. The lowest BCUT2D eigenvalue weighted by Gasteiger charge is -2.21. The maximum atomic E-state index is 5.57. The average Bonchev–Trinajstić information content (AvgIpc) is 2.38. The first-order valence-corrected chi connectivity index (χ1v) is 7.24. The normalized spacial score (nSPS) is 12.4. The van der Waals surface area contributed by atoms with Gasteiger partial charge in [-0.05, 0) is 49.6 Å². The highest BCUT2D eigenvalue weighted by atomic mass is 79.9. The number of methoxy groups -OCH3 is 1. The molecule has 1 rings (SSSR count). The maximum absolute atomic E-state index is 5.57. The Hall–Kier alpha value is -0.580. The SMILES string of the molecule is CCc1cc(Br)ccc1NC(CCCN)COC. The molecule has 18 heavy (non-hydrogen) atoms. The Labute approximate surface area is 118 Å². The largest absolute Gasteiger partial charge is 0.383 e. The van der Waals surface area contributed by atoms with E-state index in [-0.39, 0.29) is 0 Å². The smallest absolute Gasteiger partial charge is 0.0664 e. The Morgan fingerprint density at radius 1 is 1.44 bits per heavy atom. The number of hydrogen-bond donors (Lipinski definition) is 2. The summed E-state index contributed by atoms with van der Waals surface area (Å²) in [5.41, 5.74) is 8.08. The zero-order chi connectivity index (χ0) is 13.4. The Kier molecular flexibility index (Phi) is 7.32. The predicted molar refractivity (Wildman–Crippen MR) is 81.1 cm³/mol. The highest BCUT2D eigenvalue weighted by Crippen LogP contribution is 2.22. The van der Waals surface area contributed by atoms with Crippen molar-refractivity contribution in [3.8, 4) is 0 Å². The molecular weight excluding hydrogens is 292 g/mol. The summed E-state index contributed by atoms with van der Waals surface area (Å²) in [5.74, 6) is 0. The summed E-state index contributed by atoms with van der Waals surface area (Å²) in [4.78, 5) is 0. The van der Waals surface area contributed by atoms with Crippen LogP contribution in [0, 0.1) is 0 Å². The van der Waals surface area contributed by atoms with Crippen molar-refractivity contribution >= 4 is 21.6 Å². The first-order chi connectivity index (χ1) is 8.71. The van der Waals surface area contributed by atoms with E-state index in [0.29, 0.717) is 12.6 Å². The molecule has 0 aliphatic rings. The fraction of sp³-hybridized carbons (Fsp3) is 0.571. The number of benzene rings is 1. The molecule has 102 valence electrons. The van der Waals surface area contributed by atoms with Crippen LogP contribution in [-0.2, 0) is 11.2 Å². The van der Waals surface area contributed by atoms with Gasteiger partial charge in [0.15, 0.2) is 0 Å². The number of hydrogen-bond acceptors (Lipinski definition) is 3. The molecule has 0 heterocycles. The predicted octanol–water partition coefficient (Wildman–Crippen LogP) is 3.18. The summed E-state index contributed by atoms with van der Waals surface area (Å²) >= 11 is 3.51. The van der Waals surface area contributed by atoms with Crippen LogP contribution in [0.15, 0.2) is 22.7 Å². The zero-order valence-corrected chi connectivity index (χ0v) is 12.8. The lowest BCUT2D eigenvalue weighted by atomic mass is 10.1. The van der Waals surface area contributed by atoms with Gasteiger partial charge in [-0.15, -0.1) is 0 Å². The number of rotatable bonds is 8. The van der Waals surface area contributed by atoms with Crippen LogP contribution >= 0.6 is 15.9 Å². The summed E-state index contributed by atoms with van der Waals surface area (Å²) in [7, 11) is 1.74. The van der Waals surface area contributed by atoms with Gasteiger partial charge in [0.2, 0.25) is 0 Å². The molecule has 0 saturated heterocycles. The third kappa shape index (κ3) is 4.96. The molecule has 1 aromatic rings. The molecule has 1 unspecified atom stereocenters. The van der Waals surface area contributed by atoms with Gasteiger partial charge in [0, 0.05) is 23.3 Å². The standard InChI is InChI=1S/C14H23BrN2O/c1-3-11-9-12(15)6-7-14(11)17-13(10-18-2)5-4-8-16/h6-7,9,13,17H,3-5,8,10,16H2,1-2H3. The van der Waals surface area contributed by atoms with Crippen LogP contribution in [0.4, 0.5) is 5.69 Å². The highest BCUT2D eigenvalue weighted by molar-refractivity contribution is 9.10. The number of halogens is 1. The number of ether oxygens (including phenoxy) is 1. The van der Waals surface area contributed by atoms with Crippen LogP contribution in [-0.4, -0.2) is 26.3 Å². The van der Waals surface area contributed by atoms with Crippen molar-refractivity contribution in [3.63, 3.8) is 0 Å². The Morgan fingerprint density at radius 2 is 2.22 bits per heavy atom. The minimum absolute atomic E-state index is 0.324. The molecule has 0 spiro atoms. The summed E-state index contributed by atoms with van der Waals surface area (Å²) < 4.78 is 6.38. The van der Waals surface area contributed by atoms with E-state index in [1.54, 1.807) is 7.11 Å². The summed E-state index contributed by atoms with van der Waals surface area (Å²) in [6, 6.07) is 6.67. The molecule has 4 heteroatoms. The first kappa shape index (κ1) is 15.5. The molecule has 0 aliphatic heterocycles. The molecule has 0 fully saturated rings. The number of nitrogens with two attached hydrogens (primary N) is 1. The van der Waals surface area contributed by atoms with Crippen molar-refractivity contribution < 1.29 is 4.74 Å². The second-order valence-corrected chi connectivity index (χ2v) is 5.30. The second kappa shape index (κ2) is 8.51. The van der Waals surface area contributed by atoms with Crippen molar-refractivity contribution in [2.75, 3.05) is 25.6 Å². The molecule has 3 nitrogen and oxygen atoms in total. The van der Waals surface area contributed by atoms with Gasteiger partial charge in [0.25, 0.3) is 0 Å². The van der Waals surface area contributed by atoms with E-state index < -0.39 is 0 Å². The van der Waals surface area contributed by atoms with Crippen LogP contribution in [0.25, 0.3) is 0 Å².